The van der Waals surface area contributed by atoms with Crippen LogP contribution in [-0.4, -0.2) is 24.0 Å². The zero-order valence-electron chi connectivity index (χ0n) is 17.3. The molecule has 0 heterocycles. The Morgan fingerprint density at radius 1 is 0.833 bits per heavy atom. The largest absolute Gasteiger partial charge is 0.481 e. The number of aryl methyl sites for hydroxylation is 1. The monoisotopic (exact) mass is 406 g/mol. The number of fused-ring (bicyclic) bond motifs is 1. The van der Waals surface area contributed by atoms with Crippen LogP contribution in [0.15, 0.2) is 66.7 Å². The van der Waals surface area contributed by atoms with Crippen molar-refractivity contribution in [3.8, 4) is 11.5 Å². The lowest BCUT2D eigenvalue weighted by Crippen LogP contribution is -2.51. The van der Waals surface area contributed by atoms with Crippen molar-refractivity contribution in [2.24, 2.45) is 0 Å². The van der Waals surface area contributed by atoms with Crippen molar-refractivity contribution in [1.29, 1.82) is 0 Å². The molecule has 0 aliphatic carbocycles. The summed E-state index contributed by atoms with van der Waals surface area (Å²) in [6.45, 7) is 5.41. The zero-order valence-corrected chi connectivity index (χ0v) is 17.3. The van der Waals surface area contributed by atoms with Gasteiger partial charge in [0.15, 0.2) is 12.2 Å². The summed E-state index contributed by atoms with van der Waals surface area (Å²) >= 11 is 0. The standard InChI is InChI=1S/C24H26N2O4/c1-4-22(30-20-11-7-8-16(2)14-20)24(28)26-25-23(27)17(3)29-21-13-12-18-9-5-6-10-19(18)15-21/h5-15,17,22H,4H2,1-3H3,(H,25,27)(H,26,28)/t17-,22+/m1/s1. The van der Waals surface area contributed by atoms with Gasteiger partial charge in [0, 0.05) is 0 Å². The second-order valence-corrected chi connectivity index (χ2v) is 7.08. The molecule has 0 saturated carbocycles. The molecule has 0 saturated heterocycles. The molecule has 30 heavy (non-hydrogen) atoms. The van der Waals surface area contributed by atoms with Crippen molar-refractivity contribution in [1.82, 2.24) is 10.9 Å². The quantitative estimate of drug-likeness (QED) is 0.583. The number of carbonyl (C=O) groups excluding carboxylic acids is 2. The van der Waals surface area contributed by atoms with Crippen molar-refractivity contribution in [3.05, 3.63) is 72.3 Å². The molecule has 3 aromatic rings. The van der Waals surface area contributed by atoms with Gasteiger partial charge in [0.25, 0.3) is 11.8 Å². The second-order valence-electron chi connectivity index (χ2n) is 7.08. The summed E-state index contributed by atoms with van der Waals surface area (Å²) in [4.78, 5) is 24.7. The average molecular weight is 406 g/mol. The SMILES string of the molecule is CC[C@H](Oc1cccc(C)c1)C(=O)NNC(=O)[C@@H](C)Oc1ccc2ccccc2c1. The van der Waals surface area contributed by atoms with Crippen LogP contribution in [0.4, 0.5) is 0 Å². The Bertz CT molecular complexity index is 1030. The predicted molar refractivity (Wildman–Crippen MR) is 116 cm³/mol. The Hall–Kier alpha value is -3.54. The van der Waals surface area contributed by atoms with Crippen LogP contribution < -0.4 is 20.3 Å². The molecule has 0 unspecified atom stereocenters. The van der Waals surface area contributed by atoms with Gasteiger partial charge in [-0.15, -0.1) is 0 Å². The molecule has 2 amide bonds. The third-order valence-electron chi connectivity index (χ3n) is 4.64. The molecule has 0 aliphatic heterocycles. The number of ether oxygens (including phenoxy) is 2. The van der Waals surface area contributed by atoms with E-state index in [0.717, 1.165) is 16.3 Å². The molecule has 6 nitrogen and oxygen atoms in total. The van der Waals surface area contributed by atoms with E-state index < -0.39 is 24.0 Å². The number of hydrogen-bond acceptors (Lipinski definition) is 4. The maximum atomic E-state index is 12.4. The summed E-state index contributed by atoms with van der Waals surface area (Å²) in [5.41, 5.74) is 5.87. The van der Waals surface area contributed by atoms with E-state index in [-0.39, 0.29) is 0 Å². The molecule has 0 bridgehead atoms. The minimum absolute atomic E-state index is 0.426. The molecule has 0 aromatic heterocycles. The van der Waals surface area contributed by atoms with Crippen LogP contribution in [0.25, 0.3) is 10.8 Å². The van der Waals surface area contributed by atoms with E-state index in [9.17, 15) is 9.59 Å². The lowest BCUT2D eigenvalue weighted by Gasteiger charge is -2.19. The normalized spacial score (nSPS) is 12.6. The van der Waals surface area contributed by atoms with E-state index in [1.807, 2.05) is 74.5 Å². The molecule has 6 heteroatoms. The fraction of sp³-hybridized carbons (Fsp3) is 0.250. The highest BCUT2D eigenvalue weighted by molar-refractivity contribution is 5.87. The van der Waals surface area contributed by atoms with Gasteiger partial charge in [-0.1, -0.05) is 49.4 Å². The van der Waals surface area contributed by atoms with Crippen molar-refractivity contribution < 1.29 is 19.1 Å². The van der Waals surface area contributed by atoms with E-state index in [4.69, 9.17) is 9.47 Å². The fourth-order valence-corrected chi connectivity index (χ4v) is 2.98. The van der Waals surface area contributed by atoms with Crippen LogP contribution in [-0.2, 0) is 9.59 Å². The first-order chi connectivity index (χ1) is 14.5. The maximum absolute atomic E-state index is 12.4. The van der Waals surface area contributed by atoms with Gasteiger partial charge in [0.2, 0.25) is 0 Å². The van der Waals surface area contributed by atoms with Crippen molar-refractivity contribution in [3.63, 3.8) is 0 Å². The molecule has 2 N–H and O–H groups in total. The molecule has 156 valence electrons. The number of hydrogen-bond donors (Lipinski definition) is 2. The lowest BCUT2D eigenvalue weighted by molar-refractivity contribution is -0.135. The smallest absolute Gasteiger partial charge is 0.279 e. The Balaban J connectivity index is 1.53. The third kappa shape index (κ3) is 5.50. The van der Waals surface area contributed by atoms with Crippen molar-refractivity contribution in [2.75, 3.05) is 0 Å². The second kappa shape index (κ2) is 9.78. The average Bonchev–Trinajstić information content (AvgIpc) is 2.75. The highest BCUT2D eigenvalue weighted by atomic mass is 16.5. The maximum Gasteiger partial charge on any atom is 0.279 e. The van der Waals surface area contributed by atoms with Gasteiger partial charge >= 0.3 is 0 Å². The van der Waals surface area contributed by atoms with E-state index >= 15 is 0 Å². The number of nitrogens with one attached hydrogen (secondary N) is 2. The van der Waals surface area contributed by atoms with E-state index in [2.05, 4.69) is 10.9 Å². The molecule has 3 aromatic carbocycles. The third-order valence-corrected chi connectivity index (χ3v) is 4.64. The van der Waals surface area contributed by atoms with Crippen molar-refractivity contribution >= 4 is 22.6 Å². The van der Waals surface area contributed by atoms with Crippen molar-refractivity contribution in [2.45, 2.75) is 39.4 Å². The van der Waals surface area contributed by atoms with Gasteiger partial charge in [0.05, 0.1) is 0 Å². The van der Waals surface area contributed by atoms with Gasteiger partial charge in [-0.05, 0) is 60.9 Å². The first kappa shape index (κ1) is 21.2. The van der Waals surface area contributed by atoms with Crippen LogP contribution >= 0.6 is 0 Å². The van der Waals surface area contributed by atoms with Gasteiger partial charge in [0.1, 0.15) is 11.5 Å². The van der Waals surface area contributed by atoms with Crippen LogP contribution in [0.3, 0.4) is 0 Å². The summed E-state index contributed by atoms with van der Waals surface area (Å²) < 4.78 is 11.5. The summed E-state index contributed by atoms with van der Waals surface area (Å²) in [5, 5.41) is 2.11. The summed E-state index contributed by atoms with van der Waals surface area (Å²) in [6.07, 6.45) is -1.05. The van der Waals surface area contributed by atoms with Gasteiger partial charge in [-0.2, -0.15) is 0 Å². The first-order valence-corrected chi connectivity index (χ1v) is 9.94. The van der Waals surface area contributed by atoms with E-state index in [0.29, 0.717) is 17.9 Å². The Kier molecular flexibility index (Phi) is 6.91. The number of benzene rings is 3. The molecule has 2 atom stereocenters. The summed E-state index contributed by atoms with van der Waals surface area (Å²) in [6, 6.07) is 21.0. The molecule has 0 fully saturated rings. The van der Waals surface area contributed by atoms with E-state index in [1.165, 1.54) is 0 Å². The minimum atomic E-state index is -0.788. The molecular weight excluding hydrogens is 380 g/mol. The zero-order chi connectivity index (χ0) is 21.5. The molecular formula is C24H26N2O4. The topological polar surface area (TPSA) is 76.7 Å². The number of carbonyl (C=O) groups is 2. The Morgan fingerprint density at radius 3 is 2.27 bits per heavy atom. The predicted octanol–water partition coefficient (Wildman–Crippen LogP) is 3.92. The molecule has 3 rings (SSSR count). The molecule has 0 radical (unpaired) electrons. The van der Waals surface area contributed by atoms with Gasteiger partial charge < -0.3 is 9.47 Å². The van der Waals surface area contributed by atoms with Gasteiger partial charge in [-0.25, -0.2) is 0 Å². The molecule has 0 spiro atoms. The Labute approximate surface area is 176 Å². The lowest BCUT2D eigenvalue weighted by atomic mass is 10.1. The number of rotatable bonds is 7. The minimum Gasteiger partial charge on any atom is -0.481 e. The van der Waals surface area contributed by atoms with Crippen LogP contribution in [0.5, 0.6) is 11.5 Å². The number of amides is 2. The molecule has 0 aliphatic rings. The fourth-order valence-electron chi connectivity index (χ4n) is 2.98. The summed E-state index contributed by atoms with van der Waals surface area (Å²) in [7, 11) is 0. The highest BCUT2D eigenvalue weighted by Crippen LogP contribution is 2.21. The highest BCUT2D eigenvalue weighted by Gasteiger charge is 2.21. The van der Waals surface area contributed by atoms with Crippen LogP contribution in [0, 0.1) is 6.92 Å². The Morgan fingerprint density at radius 2 is 1.53 bits per heavy atom. The number of hydrazine groups is 1. The van der Waals surface area contributed by atoms with Gasteiger partial charge in [-0.3, -0.25) is 20.4 Å². The van der Waals surface area contributed by atoms with Crippen LogP contribution in [0.1, 0.15) is 25.8 Å². The first-order valence-electron chi connectivity index (χ1n) is 9.94. The summed E-state index contributed by atoms with van der Waals surface area (Å²) in [5.74, 6) is 0.306. The van der Waals surface area contributed by atoms with Crippen LogP contribution in [0.2, 0.25) is 0 Å². The van der Waals surface area contributed by atoms with E-state index in [1.54, 1.807) is 13.0 Å².